The van der Waals surface area contributed by atoms with E-state index in [0.717, 1.165) is 11.3 Å². The van der Waals surface area contributed by atoms with E-state index in [0.29, 0.717) is 5.56 Å². The summed E-state index contributed by atoms with van der Waals surface area (Å²) in [7, 11) is 1.78. The molecule has 0 saturated carbocycles. The van der Waals surface area contributed by atoms with Gasteiger partial charge in [0.25, 0.3) is 5.91 Å². The summed E-state index contributed by atoms with van der Waals surface area (Å²) in [6.45, 7) is 6.12. The summed E-state index contributed by atoms with van der Waals surface area (Å²) in [5.74, 6) is -0.0686. The average molecular weight is 266 g/mol. The zero-order valence-corrected chi connectivity index (χ0v) is 12.1. The van der Waals surface area contributed by atoms with Crippen molar-refractivity contribution in [2.75, 3.05) is 13.3 Å². The van der Waals surface area contributed by atoms with E-state index >= 15 is 0 Å². The van der Waals surface area contributed by atoms with Crippen molar-refractivity contribution in [3.8, 4) is 0 Å². The molecule has 0 aromatic carbocycles. The van der Waals surface area contributed by atoms with Gasteiger partial charge >= 0.3 is 0 Å². The lowest BCUT2D eigenvalue weighted by Crippen LogP contribution is -2.23. The number of pyridine rings is 1. The lowest BCUT2D eigenvalue weighted by Gasteiger charge is -2.25. The van der Waals surface area contributed by atoms with Gasteiger partial charge in [0.1, 0.15) is 5.37 Å². The van der Waals surface area contributed by atoms with Crippen LogP contribution < -0.4 is 5.56 Å². The van der Waals surface area contributed by atoms with Gasteiger partial charge in [0.05, 0.1) is 5.56 Å². The molecule has 2 heterocycles. The van der Waals surface area contributed by atoms with Gasteiger partial charge in [0.2, 0.25) is 5.56 Å². The number of fused-ring (bicyclic) bond motifs is 1. The SMILES string of the molecule is CS[C@@H]1c2c(cc(=O)[nH]c2C(C)(C)C)C(=O)N1C. The van der Waals surface area contributed by atoms with Gasteiger partial charge in [-0.1, -0.05) is 20.8 Å². The minimum atomic E-state index is -0.206. The van der Waals surface area contributed by atoms with Gasteiger partial charge in [-0.05, 0) is 6.26 Å². The maximum atomic E-state index is 12.2. The molecular weight excluding hydrogens is 248 g/mol. The third-order valence-electron chi connectivity index (χ3n) is 3.21. The molecule has 1 aliphatic heterocycles. The van der Waals surface area contributed by atoms with Crippen LogP contribution in [0.4, 0.5) is 0 Å². The van der Waals surface area contributed by atoms with E-state index in [1.54, 1.807) is 23.7 Å². The van der Waals surface area contributed by atoms with Crippen LogP contribution in [0.3, 0.4) is 0 Å². The Hall–Kier alpha value is -1.23. The highest BCUT2D eigenvalue weighted by molar-refractivity contribution is 7.98. The van der Waals surface area contributed by atoms with Gasteiger partial charge in [0, 0.05) is 29.8 Å². The number of amides is 1. The van der Waals surface area contributed by atoms with E-state index in [1.165, 1.54) is 6.07 Å². The third kappa shape index (κ3) is 1.86. The van der Waals surface area contributed by atoms with Crippen LogP contribution in [0, 0.1) is 0 Å². The second-order valence-electron chi connectivity index (χ2n) is 5.59. The van der Waals surface area contributed by atoms with Crippen molar-refractivity contribution in [2.45, 2.75) is 31.6 Å². The number of nitrogens with zero attached hydrogens (tertiary/aromatic N) is 1. The molecule has 1 aliphatic rings. The summed E-state index contributed by atoms with van der Waals surface area (Å²) >= 11 is 1.61. The lowest BCUT2D eigenvalue weighted by molar-refractivity contribution is 0.0812. The summed E-state index contributed by atoms with van der Waals surface area (Å²) in [4.78, 5) is 28.5. The highest BCUT2D eigenvalue weighted by atomic mass is 32.2. The third-order valence-corrected chi connectivity index (χ3v) is 4.20. The molecule has 1 aromatic rings. The first-order valence-electron chi connectivity index (χ1n) is 5.85. The van der Waals surface area contributed by atoms with Crippen LogP contribution in [0.1, 0.15) is 47.8 Å². The largest absolute Gasteiger partial charge is 0.325 e. The zero-order chi connectivity index (χ0) is 13.7. The van der Waals surface area contributed by atoms with Crippen LogP contribution in [-0.2, 0) is 5.41 Å². The number of carbonyl (C=O) groups is 1. The molecule has 0 fully saturated rings. The van der Waals surface area contributed by atoms with E-state index < -0.39 is 0 Å². The standard InChI is InChI=1S/C13H18N2O2S/c1-13(2,3)10-9-7(6-8(16)14-10)11(17)15(4)12(9)18-5/h6,12H,1-5H3,(H,14,16)/t12-/m1/s1. The topological polar surface area (TPSA) is 53.2 Å². The summed E-state index contributed by atoms with van der Waals surface area (Å²) in [6, 6.07) is 1.42. The molecule has 4 nitrogen and oxygen atoms in total. The van der Waals surface area contributed by atoms with Gasteiger partial charge in [-0.15, -0.1) is 11.8 Å². The molecule has 98 valence electrons. The number of hydrogen-bond donors (Lipinski definition) is 1. The predicted molar refractivity (Wildman–Crippen MR) is 74.1 cm³/mol. The fraction of sp³-hybridized carbons (Fsp3) is 0.538. The van der Waals surface area contributed by atoms with Gasteiger partial charge < -0.3 is 9.88 Å². The number of thioether (sulfide) groups is 1. The van der Waals surface area contributed by atoms with Gasteiger partial charge in [-0.2, -0.15) is 0 Å². The van der Waals surface area contributed by atoms with Crippen LogP contribution in [0.15, 0.2) is 10.9 Å². The van der Waals surface area contributed by atoms with Crippen LogP contribution in [0.2, 0.25) is 0 Å². The molecule has 2 rings (SSSR count). The molecule has 0 spiro atoms. The Morgan fingerprint density at radius 2 is 1.94 bits per heavy atom. The van der Waals surface area contributed by atoms with Crippen LogP contribution >= 0.6 is 11.8 Å². The van der Waals surface area contributed by atoms with E-state index in [9.17, 15) is 9.59 Å². The molecular formula is C13H18N2O2S. The van der Waals surface area contributed by atoms with Gasteiger partial charge in [-0.3, -0.25) is 9.59 Å². The van der Waals surface area contributed by atoms with Crippen molar-refractivity contribution in [3.05, 3.63) is 33.2 Å². The average Bonchev–Trinajstić information content (AvgIpc) is 2.50. The Bertz CT molecular complexity index is 557. The number of aromatic amines is 1. The molecule has 5 heteroatoms. The first-order chi connectivity index (χ1) is 8.27. The minimum absolute atomic E-state index is 0.0152. The predicted octanol–water partition coefficient (Wildman–Crippen LogP) is 2.12. The van der Waals surface area contributed by atoms with Crippen LogP contribution in [0.25, 0.3) is 0 Å². The van der Waals surface area contributed by atoms with Crippen LogP contribution in [-0.4, -0.2) is 29.1 Å². The van der Waals surface area contributed by atoms with E-state index in [1.807, 2.05) is 27.0 Å². The first kappa shape index (κ1) is 13.2. The Labute approximate surface area is 111 Å². The molecule has 1 atom stereocenters. The van der Waals surface area contributed by atoms with Crippen molar-refractivity contribution in [3.63, 3.8) is 0 Å². The van der Waals surface area contributed by atoms with Crippen molar-refractivity contribution in [2.24, 2.45) is 0 Å². The maximum Gasteiger partial charge on any atom is 0.255 e. The second kappa shape index (κ2) is 4.16. The molecule has 1 aromatic heterocycles. The number of aromatic nitrogens is 1. The quantitative estimate of drug-likeness (QED) is 0.847. The molecule has 0 bridgehead atoms. The molecule has 1 amide bonds. The summed E-state index contributed by atoms with van der Waals surface area (Å²) in [6.07, 6.45) is 1.97. The minimum Gasteiger partial charge on any atom is -0.325 e. The second-order valence-corrected chi connectivity index (χ2v) is 6.51. The smallest absolute Gasteiger partial charge is 0.255 e. The van der Waals surface area contributed by atoms with Crippen molar-refractivity contribution in [1.29, 1.82) is 0 Å². The monoisotopic (exact) mass is 266 g/mol. The first-order valence-corrected chi connectivity index (χ1v) is 7.14. The molecule has 0 aliphatic carbocycles. The number of hydrogen-bond acceptors (Lipinski definition) is 3. The van der Waals surface area contributed by atoms with Gasteiger partial charge in [-0.25, -0.2) is 0 Å². The molecule has 0 unspecified atom stereocenters. The summed E-state index contributed by atoms with van der Waals surface area (Å²) < 4.78 is 0. The van der Waals surface area contributed by atoms with E-state index in [-0.39, 0.29) is 22.3 Å². The normalized spacial score (nSPS) is 19.3. The molecule has 0 radical (unpaired) electrons. The zero-order valence-electron chi connectivity index (χ0n) is 11.3. The fourth-order valence-corrected chi connectivity index (χ4v) is 3.25. The fourth-order valence-electron chi connectivity index (χ4n) is 2.36. The van der Waals surface area contributed by atoms with Crippen molar-refractivity contribution < 1.29 is 4.79 Å². The maximum absolute atomic E-state index is 12.2. The Morgan fingerprint density at radius 3 is 2.44 bits per heavy atom. The Balaban J connectivity index is 2.78. The van der Waals surface area contributed by atoms with Crippen molar-refractivity contribution in [1.82, 2.24) is 9.88 Å². The number of carbonyl (C=O) groups excluding carboxylic acids is 1. The van der Waals surface area contributed by atoms with Crippen molar-refractivity contribution >= 4 is 17.7 Å². The molecule has 1 N–H and O–H groups in total. The highest BCUT2D eigenvalue weighted by Gasteiger charge is 2.38. The van der Waals surface area contributed by atoms with Gasteiger partial charge in [0.15, 0.2) is 0 Å². The van der Waals surface area contributed by atoms with E-state index in [2.05, 4.69) is 4.98 Å². The summed E-state index contributed by atoms with van der Waals surface area (Å²) in [5.41, 5.74) is 1.97. The van der Waals surface area contributed by atoms with Crippen LogP contribution in [0.5, 0.6) is 0 Å². The Kier molecular flexibility index (Phi) is 3.05. The number of nitrogens with one attached hydrogen (secondary N) is 1. The van der Waals surface area contributed by atoms with E-state index in [4.69, 9.17) is 0 Å². The summed E-state index contributed by atoms with van der Waals surface area (Å²) in [5, 5.41) is -0.0152. The lowest BCUT2D eigenvalue weighted by atomic mass is 9.87. The highest BCUT2D eigenvalue weighted by Crippen LogP contribution is 2.42. The number of H-pyrrole nitrogens is 1. The Morgan fingerprint density at radius 1 is 1.33 bits per heavy atom. The number of rotatable bonds is 1. The molecule has 0 saturated heterocycles. The molecule has 18 heavy (non-hydrogen) atoms.